The maximum absolute atomic E-state index is 12.7. The zero-order valence-electron chi connectivity index (χ0n) is 12.7. The van der Waals surface area contributed by atoms with E-state index in [2.05, 4.69) is 5.32 Å². The predicted molar refractivity (Wildman–Crippen MR) is 91.8 cm³/mol. The van der Waals surface area contributed by atoms with Gasteiger partial charge in [0.05, 0.1) is 15.6 Å². The topological polar surface area (TPSA) is 73.1 Å². The molecular weight excluding hydrogens is 392 g/mol. The lowest BCUT2D eigenvalue weighted by Crippen LogP contribution is -2.14. The van der Waals surface area contributed by atoms with Gasteiger partial charge in [0.1, 0.15) is 11.6 Å². The van der Waals surface area contributed by atoms with Crippen LogP contribution in [0.4, 0.5) is 18.9 Å². The number of halogens is 5. The number of phenols is 1. The van der Waals surface area contributed by atoms with Crippen molar-refractivity contribution in [3.8, 4) is 11.8 Å². The number of benzene rings is 2. The van der Waals surface area contributed by atoms with Crippen LogP contribution in [-0.2, 0) is 11.0 Å². The summed E-state index contributed by atoms with van der Waals surface area (Å²) in [5.41, 5.74) is -1.18. The summed E-state index contributed by atoms with van der Waals surface area (Å²) in [4.78, 5) is 12.1. The molecule has 0 aromatic heterocycles. The van der Waals surface area contributed by atoms with Crippen molar-refractivity contribution >= 4 is 40.9 Å². The number of alkyl halides is 3. The monoisotopic (exact) mass is 400 g/mol. The van der Waals surface area contributed by atoms with Crippen molar-refractivity contribution in [3.05, 3.63) is 63.1 Å². The third kappa shape index (κ3) is 4.69. The number of hydrogen-bond donors (Lipinski definition) is 2. The zero-order chi connectivity index (χ0) is 19.5. The summed E-state index contributed by atoms with van der Waals surface area (Å²) in [6, 6.07) is 8.20. The number of hydrogen-bond acceptors (Lipinski definition) is 3. The number of carbonyl (C=O) groups is 1. The van der Waals surface area contributed by atoms with E-state index in [-0.39, 0.29) is 32.6 Å². The van der Waals surface area contributed by atoms with Gasteiger partial charge in [0, 0.05) is 5.69 Å². The molecule has 0 atom stereocenters. The van der Waals surface area contributed by atoms with E-state index in [9.17, 15) is 23.1 Å². The Bertz CT molecular complexity index is 911. The van der Waals surface area contributed by atoms with Crippen molar-refractivity contribution in [2.45, 2.75) is 6.18 Å². The first-order chi connectivity index (χ1) is 12.1. The van der Waals surface area contributed by atoms with Crippen LogP contribution in [0.3, 0.4) is 0 Å². The van der Waals surface area contributed by atoms with Gasteiger partial charge >= 0.3 is 6.18 Å². The van der Waals surface area contributed by atoms with Crippen LogP contribution in [0.25, 0.3) is 6.08 Å². The van der Waals surface area contributed by atoms with Gasteiger partial charge in [0.2, 0.25) is 0 Å². The highest BCUT2D eigenvalue weighted by Crippen LogP contribution is 2.33. The van der Waals surface area contributed by atoms with Crippen molar-refractivity contribution in [3.63, 3.8) is 0 Å². The van der Waals surface area contributed by atoms with E-state index in [1.807, 2.05) is 0 Å². The van der Waals surface area contributed by atoms with Gasteiger partial charge in [-0.3, -0.25) is 4.79 Å². The van der Waals surface area contributed by atoms with Crippen LogP contribution >= 0.6 is 23.2 Å². The second-order valence-corrected chi connectivity index (χ2v) is 5.85. The summed E-state index contributed by atoms with van der Waals surface area (Å²) >= 11 is 11.5. The van der Waals surface area contributed by atoms with Crippen LogP contribution in [0.2, 0.25) is 10.0 Å². The van der Waals surface area contributed by atoms with Crippen LogP contribution in [-0.4, -0.2) is 11.0 Å². The van der Waals surface area contributed by atoms with Crippen LogP contribution in [0, 0.1) is 11.3 Å². The number of nitrogens with zero attached hydrogens (tertiary/aromatic N) is 1. The standard InChI is InChI=1S/C17H9Cl2F3N2O2/c18-13-5-9(6-14(19)15(13)25)4-10(8-23)16(26)24-12-3-1-2-11(7-12)17(20,21)22/h1-7,25H,(H,24,26)/b10-4+. The molecule has 26 heavy (non-hydrogen) atoms. The van der Waals surface area contributed by atoms with Crippen LogP contribution < -0.4 is 5.32 Å². The number of aromatic hydroxyl groups is 1. The van der Waals surface area contributed by atoms with E-state index >= 15 is 0 Å². The van der Waals surface area contributed by atoms with Gasteiger partial charge in [-0.15, -0.1) is 0 Å². The molecule has 2 aromatic carbocycles. The Balaban J connectivity index is 2.29. The third-order valence-electron chi connectivity index (χ3n) is 3.16. The van der Waals surface area contributed by atoms with E-state index in [1.165, 1.54) is 18.2 Å². The highest BCUT2D eigenvalue weighted by molar-refractivity contribution is 6.37. The predicted octanol–water partition coefficient (Wildman–Crippen LogP) is 5.26. The number of nitrogens with one attached hydrogen (secondary N) is 1. The molecule has 134 valence electrons. The minimum absolute atomic E-state index is 0.0840. The third-order valence-corrected chi connectivity index (χ3v) is 3.74. The molecule has 0 spiro atoms. The van der Waals surface area contributed by atoms with E-state index < -0.39 is 17.6 Å². The first kappa shape index (κ1) is 19.6. The van der Waals surface area contributed by atoms with E-state index in [0.717, 1.165) is 24.3 Å². The van der Waals surface area contributed by atoms with Crippen LogP contribution in [0.15, 0.2) is 42.0 Å². The second kappa shape index (κ2) is 7.68. The molecule has 0 aliphatic rings. The van der Waals surface area contributed by atoms with Crippen molar-refractivity contribution < 1.29 is 23.1 Å². The summed E-state index contributed by atoms with van der Waals surface area (Å²) in [7, 11) is 0. The van der Waals surface area contributed by atoms with Crippen molar-refractivity contribution in [1.29, 1.82) is 5.26 Å². The minimum Gasteiger partial charge on any atom is -0.505 e. The molecule has 0 radical (unpaired) electrons. The number of anilines is 1. The molecule has 0 fully saturated rings. The fourth-order valence-electron chi connectivity index (χ4n) is 1.96. The average molecular weight is 401 g/mol. The largest absolute Gasteiger partial charge is 0.505 e. The van der Waals surface area contributed by atoms with Gasteiger partial charge in [-0.1, -0.05) is 29.3 Å². The molecule has 0 saturated heterocycles. The minimum atomic E-state index is -4.56. The van der Waals surface area contributed by atoms with Gasteiger partial charge in [-0.05, 0) is 42.0 Å². The Morgan fingerprint density at radius 1 is 1.19 bits per heavy atom. The Kier molecular flexibility index (Phi) is 5.80. The van der Waals surface area contributed by atoms with E-state index in [4.69, 9.17) is 28.5 Å². The Morgan fingerprint density at radius 2 is 1.81 bits per heavy atom. The fourth-order valence-corrected chi connectivity index (χ4v) is 2.46. The molecule has 0 heterocycles. The van der Waals surface area contributed by atoms with Crippen molar-refractivity contribution in [2.24, 2.45) is 0 Å². The summed E-state index contributed by atoms with van der Waals surface area (Å²) in [6.45, 7) is 0. The molecule has 1 amide bonds. The maximum Gasteiger partial charge on any atom is 0.416 e. The maximum atomic E-state index is 12.7. The molecule has 0 aliphatic heterocycles. The molecule has 2 rings (SSSR count). The molecule has 2 aromatic rings. The zero-order valence-corrected chi connectivity index (χ0v) is 14.2. The lowest BCUT2D eigenvalue weighted by Gasteiger charge is -2.09. The Morgan fingerprint density at radius 3 is 2.35 bits per heavy atom. The van der Waals surface area contributed by atoms with Gasteiger partial charge in [0.15, 0.2) is 5.75 Å². The molecule has 0 bridgehead atoms. The number of phenolic OH excluding ortho intramolecular Hbond substituents is 1. The Hall–Kier alpha value is -2.69. The summed E-state index contributed by atoms with van der Waals surface area (Å²) in [6.07, 6.45) is -3.42. The smallest absolute Gasteiger partial charge is 0.416 e. The lowest BCUT2D eigenvalue weighted by molar-refractivity contribution is -0.137. The highest BCUT2D eigenvalue weighted by Gasteiger charge is 2.30. The molecule has 4 nitrogen and oxygen atoms in total. The normalized spacial score (nSPS) is 11.8. The highest BCUT2D eigenvalue weighted by atomic mass is 35.5. The van der Waals surface area contributed by atoms with Gasteiger partial charge in [-0.2, -0.15) is 18.4 Å². The molecule has 2 N–H and O–H groups in total. The summed E-state index contributed by atoms with van der Waals surface area (Å²) < 4.78 is 38.1. The van der Waals surface area contributed by atoms with Gasteiger partial charge < -0.3 is 10.4 Å². The van der Waals surface area contributed by atoms with Crippen LogP contribution in [0.5, 0.6) is 5.75 Å². The molecule has 9 heteroatoms. The molecular formula is C17H9Cl2F3N2O2. The molecule has 0 aliphatic carbocycles. The number of amides is 1. The summed E-state index contributed by atoms with van der Waals surface area (Å²) in [5.74, 6) is -1.26. The SMILES string of the molecule is N#C/C(=C\c1cc(Cl)c(O)c(Cl)c1)C(=O)Nc1cccc(C(F)(F)F)c1. The van der Waals surface area contributed by atoms with E-state index in [1.54, 1.807) is 6.07 Å². The van der Waals surface area contributed by atoms with Crippen molar-refractivity contribution in [1.82, 2.24) is 0 Å². The first-order valence-electron chi connectivity index (χ1n) is 6.90. The van der Waals surface area contributed by atoms with Crippen molar-refractivity contribution in [2.75, 3.05) is 5.32 Å². The lowest BCUT2D eigenvalue weighted by atomic mass is 10.1. The molecule has 0 saturated carbocycles. The average Bonchev–Trinajstić information content (AvgIpc) is 2.56. The first-order valence-corrected chi connectivity index (χ1v) is 7.66. The van der Waals surface area contributed by atoms with Gasteiger partial charge in [0.25, 0.3) is 5.91 Å². The number of carbonyl (C=O) groups excluding carboxylic acids is 1. The second-order valence-electron chi connectivity index (χ2n) is 5.04. The quantitative estimate of drug-likeness (QED) is 0.544. The van der Waals surface area contributed by atoms with Gasteiger partial charge in [-0.25, -0.2) is 0 Å². The van der Waals surface area contributed by atoms with E-state index in [0.29, 0.717) is 0 Å². The fraction of sp³-hybridized carbons (Fsp3) is 0.0588. The Labute approximate surface area is 156 Å². The summed E-state index contributed by atoms with van der Waals surface area (Å²) in [5, 5.41) is 20.7. The number of rotatable bonds is 3. The van der Waals surface area contributed by atoms with Crippen LogP contribution in [0.1, 0.15) is 11.1 Å². The molecule has 0 unspecified atom stereocenters. The number of nitriles is 1.